The van der Waals surface area contributed by atoms with Crippen LogP contribution >= 0.6 is 0 Å². The van der Waals surface area contributed by atoms with E-state index in [0.717, 1.165) is 17.2 Å². The molecule has 2 aromatic carbocycles. The molecule has 0 amide bonds. The van der Waals surface area contributed by atoms with Crippen molar-refractivity contribution in [3.05, 3.63) is 60.3 Å². The number of aromatic nitrogens is 3. The summed E-state index contributed by atoms with van der Waals surface area (Å²) < 4.78 is 10.8. The number of ether oxygens (including phenoxy) is 2. The minimum absolute atomic E-state index is 0.440. The molecule has 7 nitrogen and oxygen atoms in total. The van der Waals surface area contributed by atoms with Crippen LogP contribution in [-0.2, 0) is 0 Å². The van der Waals surface area contributed by atoms with Crippen molar-refractivity contribution < 1.29 is 9.47 Å². The summed E-state index contributed by atoms with van der Waals surface area (Å²) in [6, 6.07) is 15.5. The van der Waals surface area contributed by atoms with Gasteiger partial charge in [0.15, 0.2) is 5.82 Å². The molecule has 134 valence electrons. The van der Waals surface area contributed by atoms with Crippen LogP contribution in [0.15, 0.2) is 54.7 Å². The summed E-state index contributed by atoms with van der Waals surface area (Å²) in [6.07, 6.45) is 1.58. The first-order valence-electron chi connectivity index (χ1n) is 8.27. The topological polar surface area (TPSA) is 81.2 Å². The Morgan fingerprint density at radius 2 is 1.69 bits per heavy atom. The lowest BCUT2D eigenvalue weighted by molar-refractivity contribution is 0.331. The fraction of sp³-hybridized carbons (Fsp3) is 0.211. The molecule has 7 heteroatoms. The van der Waals surface area contributed by atoms with Gasteiger partial charge in [0.05, 0.1) is 19.9 Å². The van der Waals surface area contributed by atoms with Crippen LogP contribution in [-0.4, -0.2) is 35.4 Å². The van der Waals surface area contributed by atoms with E-state index in [2.05, 4.69) is 25.8 Å². The quantitative estimate of drug-likeness (QED) is 0.602. The molecular weight excluding hydrogens is 330 g/mol. The summed E-state index contributed by atoms with van der Waals surface area (Å²) in [6.45, 7) is 3.13. The summed E-state index contributed by atoms with van der Waals surface area (Å²) in [5.41, 5.74) is 2.11. The van der Waals surface area contributed by atoms with Crippen LogP contribution in [0.4, 0.5) is 17.5 Å². The average Bonchev–Trinajstić information content (AvgIpc) is 2.68. The van der Waals surface area contributed by atoms with Crippen LogP contribution in [0.25, 0.3) is 0 Å². The van der Waals surface area contributed by atoms with Crippen LogP contribution in [0, 0.1) is 6.92 Å². The van der Waals surface area contributed by atoms with Gasteiger partial charge < -0.3 is 20.1 Å². The number of aryl methyl sites for hydroxylation is 1. The Hall–Kier alpha value is -3.35. The molecule has 0 atom stereocenters. The molecule has 2 N–H and O–H groups in total. The minimum atomic E-state index is 0.440. The third kappa shape index (κ3) is 5.07. The van der Waals surface area contributed by atoms with E-state index in [4.69, 9.17) is 9.47 Å². The molecule has 0 unspecified atom stereocenters. The Morgan fingerprint density at radius 3 is 2.42 bits per heavy atom. The number of nitrogens with one attached hydrogen (secondary N) is 2. The van der Waals surface area contributed by atoms with Crippen molar-refractivity contribution >= 4 is 17.5 Å². The van der Waals surface area contributed by atoms with E-state index >= 15 is 0 Å². The van der Waals surface area contributed by atoms with Crippen LogP contribution < -0.4 is 20.1 Å². The lowest BCUT2D eigenvalue weighted by Crippen LogP contribution is -2.13. The fourth-order valence-corrected chi connectivity index (χ4v) is 2.23. The standard InChI is InChI=1S/C19H21N5O2/c1-14-3-5-15(6-4-14)22-19-23-18(13-21-24-19)20-11-12-26-17-9-7-16(25-2)8-10-17/h3-10,13H,11-12H2,1-2H3,(H2,20,22,23,24). The second-order valence-corrected chi connectivity index (χ2v) is 5.61. The summed E-state index contributed by atoms with van der Waals surface area (Å²) in [5, 5.41) is 14.3. The Labute approximate surface area is 152 Å². The van der Waals surface area contributed by atoms with Crippen molar-refractivity contribution in [1.29, 1.82) is 0 Å². The Balaban J connectivity index is 1.48. The Morgan fingerprint density at radius 1 is 0.962 bits per heavy atom. The van der Waals surface area contributed by atoms with E-state index in [0.29, 0.717) is 24.9 Å². The van der Waals surface area contributed by atoms with Gasteiger partial charge in [0, 0.05) is 5.69 Å². The van der Waals surface area contributed by atoms with Gasteiger partial charge in [-0.15, -0.1) is 5.10 Å². The first-order valence-corrected chi connectivity index (χ1v) is 8.27. The van der Waals surface area contributed by atoms with Gasteiger partial charge in [-0.1, -0.05) is 17.7 Å². The van der Waals surface area contributed by atoms with Crippen LogP contribution in [0.5, 0.6) is 11.5 Å². The predicted molar refractivity (Wildman–Crippen MR) is 101 cm³/mol. The second kappa shape index (κ2) is 8.66. The van der Waals surface area contributed by atoms with Gasteiger partial charge in [-0.2, -0.15) is 10.1 Å². The molecular formula is C19H21N5O2. The molecule has 0 aliphatic heterocycles. The van der Waals surface area contributed by atoms with Gasteiger partial charge in [-0.25, -0.2) is 0 Å². The normalized spacial score (nSPS) is 10.2. The van der Waals surface area contributed by atoms with Crippen LogP contribution in [0.2, 0.25) is 0 Å². The maximum atomic E-state index is 5.67. The van der Waals surface area contributed by atoms with Gasteiger partial charge in [0.1, 0.15) is 18.1 Å². The Bertz CT molecular complexity index is 822. The first-order chi connectivity index (χ1) is 12.7. The molecule has 26 heavy (non-hydrogen) atoms. The average molecular weight is 351 g/mol. The largest absolute Gasteiger partial charge is 0.497 e. The molecule has 1 heterocycles. The monoisotopic (exact) mass is 351 g/mol. The zero-order chi connectivity index (χ0) is 18.2. The third-order valence-electron chi connectivity index (χ3n) is 3.60. The van der Waals surface area contributed by atoms with Gasteiger partial charge in [0.2, 0.25) is 5.95 Å². The lowest BCUT2D eigenvalue weighted by Gasteiger charge is -2.09. The number of rotatable bonds is 8. The van der Waals surface area contributed by atoms with E-state index in [1.165, 1.54) is 5.56 Å². The second-order valence-electron chi connectivity index (χ2n) is 5.61. The summed E-state index contributed by atoms with van der Waals surface area (Å²) >= 11 is 0. The van der Waals surface area contributed by atoms with Crippen LogP contribution in [0.3, 0.4) is 0 Å². The fourth-order valence-electron chi connectivity index (χ4n) is 2.23. The molecule has 0 saturated carbocycles. The number of benzene rings is 2. The van der Waals surface area contributed by atoms with Crippen molar-refractivity contribution in [3.8, 4) is 11.5 Å². The third-order valence-corrected chi connectivity index (χ3v) is 3.60. The lowest BCUT2D eigenvalue weighted by atomic mass is 10.2. The van der Waals surface area contributed by atoms with E-state index in [-0.39, 0.29) is 0 Å². The number of hydrogen-bond donors (Lipinski definition) is 2. The first kappa shape index (κ1) is 17.5. The Kier molecular flexibility index (Phi) is 5.82. The van der Waals surface area contributed by atoms with E-state index in [9.17, 15) is 0 Å². The van der Waals surface area contributed by atoms with Gasteiger partial charge in [-0.05, 0) is 43.3 Å². The smallest absolute Gasteiger partial charge is 0.249 e. The molecule has 1 aromatic heterocycles. The molecule has 0 aliphatic carbocycles. The maximum absolute atomic E-state index is 5.67. The zero-order valence-corrected chi connectivity index (χ0v) is 14.8. The van der Waals surface area contributed by atoms with Crippen molar-refractivity contribution in [1.82, 2.24) is 15.2 Å². The van der Waals surface area contributed by atoms with Crippen molar-refractivity contribution in [2.45, 2.75) is 6.92 Å². The highest BCUT2D eigenvalue weighted by Crippen LogP contribution is 2.17. The maximum Gasteiger partial charge on any atom is 0.249 e. The number of nitrogens with zero attached hydrogens (tertiary/aromatic N) is 3. The molecule has 3 rings (SSSR count). The molecule has 0 saturated heterocycles. The number of methoxy groups -OCH3 is 1. The van der Waals surface area contributed by atoms with Crippen molar-refractivity contribution in [3.63, 3.8) is 0 Å². The molecule has 0 aliphatic rings. The van der Waals surface area contributed by atoms with Gasteiger partial charge >= 0.3 is 0 Å². The van der Waals surface area contributed by atoms with E-state index in [1.807, 2.05) is 55.5 Å². The SMILES string of the molecule is COc1ccc(OCCNc2cnnc(Nc3ccc(C)cc3)n2)cc1. The van der Waals surface area contributed by atoms with Gasteiger partial charge in [-0.3, -0.25) is 0 Å². The summed E-state index contributed by atoms with van der Waals surface area (Å²) in [7, 11) is 1.64. The predicted octanol–water partition coefficient (Wildman–Crippen LogP) is 3.42. The van der Waals surface area contributed by atoms with Crippen molar-refractivity contribution in [2.75, 3.05) is 30.9 Å². The summed E-state index contributed by atoms with van der Waals surface area (Å²) in [4.78, 5) is 4.39. The molecule has 0 spiro atoms. The van der Waals surface area contributed by atoms with Crippen molar-refractivity contribution in [2.24, 2.45) is 0 Å². The molecule has 0 radical (unpaired) electrons. The minimum Gasteiger partial charge on any atom is -0.497 e. The highest BCUT2D eigenvalue weighted by molar-refractivity contribution is 5.54. The van der Waals surface area contributed by atoms with Crippen LogP contribution in [0.1, 0.15) is 5.56 Å². The highest BCUT2D eigenvalue weighted by atomic mass is 16.5. The molecule has 0 fully saturated rings. The highest BCUT2D eigenvalue weighted by Gasteiger charge is 2.02. The van der Waals surface area contributed by atoms with Gasteiger partial charge in [0.25, 0.3) is 0 Å². The number of anilines is 3. The van der Waals surface area contributed by atoms with E-state index < -0.39 is 0 Å². The molecule has 0 bridgehead atoms. The molecule has 3 aromatic rings. The zero-order valence-electron chi connectivity index (χ0n) is 14.8. The number of hydrogen-bond acceptors (Lipinski definition) is 7. The summed E-state index contributed by atoms with van der Waals surface area (Å²) in [5.74, 6) is 2.66. The van der Waals surface area contributed by atoms with E-state index in [1.54, 1.807) is 13.3 Å².